The SMILES string of the molecule is CON(C)C(=O)CC(c1ccc(C)cc1)c1ccc(-c2ccc(C(=O)O)cc2)cc1. The van der Waals surface area contributed by atoms with Crippen LogP contribution in [0, 0.1) is 6.92 Å². The Labute approximate surface area is 176 Å². The van der Waals surface area contributed by atoms with Crippen molar-refractivity contribution in [3.63, 3.8) is 0 Å². The highest BCUT2D eigenvalue weighted by atomic mass is 16.7. The van der Waals surface area contributed by atoms with Gasteiger partial charge in [-0.05, 0) is 41.3 Å². The Balaban J connectivity index is 1.90. The number of carbonyl (C=O) groups is 2. The second kappa shape index (κ2) is 9.37. The van der Waals surface area contributed by atoms with Crippen molar-refractivity contribution in [1.82, 2.24) is 5.06 Å². The first kappa shape index (κ1) is 21.3. The van der Waals surface area contributed by atoms with Gasteiger partial charge in [0.15, 0.2) is 0 Å². The number of rotatable bonds is 7. The molecular weight excluding hydrogens is 378 g/mol. The summed E-state index contributed by atoms with van der Waals surface area (Å²) < 4.78 is 0. The summed E-state index contributed by atoms with van der Waals surface area (Å²) in [5.74, 6) is -1.14. The Hall–Kier alpha value is -3.44. The van der Waals surface area contributed by atoms with E-state index < -0.39 is 5.97 Å². The Kier molecular flexibility index (Phi) is 6.65. The van der Waals surface area contributed by atoms with Gasteiger partial charge in [0.2, 0.25) is 5.91 Å². The summed E-state index contributed by atoms with van der Waals surface area (Å²) >= 11 is 0. The normalized spacial score (nSPS) is 11.7. The van der Waals surface area contributed by atoms with Gasteiger partial charge < -0.3 is 5.11 Å². The zero-order valence-corrected chi connectivity index (χ0v) is 17.3. The van der Waals surface area contributed by atoms with Crippen LogP contribution in [0.4, 0.5) is 0 Å². The molecule has 3 aromatic carbocycles. The van der Waals surface area contributed by atoms with E-state index in [4.69, 9.17) is 9.94 Å². The minimum absolute atomic E-state index is 0.0980. The van der Waals surface area contributed by atoms with Crippen molar-refractivity contribution in [2.75, 3.05) is 14.2 Å². The third-order valence-electron chi connectivity index (χ3n) is 5.26. The number of carboxylic acid groups (broad SMARTS) is 1. The molecule has 1 amide bonds. The first-order valence-electron chi connectivity index (χ1n) is 9.70. The molecule has 1 atom stereocenters. The van der Waals surface area contributed by atoms with Crippen LogP contribution < -0.4 is 0 Å². The van der Waals surface area contributed by atoms with Crippen LogP contribution in [-0.4, -0.2) is 36.2 Å². The van der Waals surface area contributed by atoms with Gasteiger partial charge in [-0.2, -0.15) is 0 Å². The average molecular weight is 403 g/mol. The van der Waals surface area contributed by atoms with E-state index in [0.717, 1.165) is 27.8 Å². The van der Waals surface area contributed by atoms with Crippen LogP contribution in [0.1, 0.15) is 39.4 Å². The average Bonchev–Trinajstić information content (AvgIpc) is 2.77. The lowest BCUT2D eigenvalue weighted by Gasteiger charge is -2.21. The Morgan fingerprint density at radius 1 is 0.867 bits per heavy atom. The molecule has 0 aliphatic rings. The van der Waals surface area contributed by atoms with Gasteiger partial charge >= 0.3 is 5.97 Å². The zero-order chi connectivity index (χ0) is 21.7. The molecule has 1 N–H and O–H groups in total. The number of hydroxylamine groups is 2. The first-order chi connectivity index (χ1) is 14.4. The maximum atomic E-state index is 12.5. The molecule has 5 heteroatoms. The second-order valence-electron chi connectivity index (χ2n) is 7.25. The number of amides is 1. The van der Waals surface area contributed by atoms with Gasteiger partial charge in [-0.25, -0.2) is 9.86 Å². The largest absolute Gasteiger partial charge is 0.478 e. The quantitative estimate of drug-likeness (QED) is 0.570. The van der Waals surface area contributed by atoms with Crippen molar-refractivity contribution < 1.29 is 19.5 Å². The molecular formula is C25H25NO4. The highest BCUT2D eigenvalue weighted by Gasteiger charge is 2.21. The molecule has 0 bridgehead atoms. The van der Waals surface area contributed by atoms with Gasteiger partial charge in [0.25, 0.3) is 0 Å². The summed E-state index contributed by atoms with van der Waals surface area (Å²) in [5, 5.41) is 10.3. The summed E-state index contributed by atoms with van der Waals surface area (Å²) in [5.41, 5.74) is 5.44. The summed E-state index contributed by atoms with van der Waals surface area (Å²) in [6.45, 7) is 2.03. The molecule has 3 aromatic rings. The Morgan fingerprint density at radius 3 is 1.80 bits per heavy atom. The predicted octanol–water partition coefficient (Wildman–Crippen LogP) is 4.90. The molecule has 0 spiro atoms. The molecule has 0 heterocycles. The second-order valence-corrected chi connectivity index (χ2v) is 7.25. The number of carboxylic acids is 1. The minimum atomic E-state index is -0.941. The van der Waals surface area contributed by atoms with Crippen molar-refractivity contribution in [3.05, 3.63) is 95.1 Å². The van der Waals surface area contributed by atoms with Crippen LogP contribution in [0.25, 0.3) is 11.1 Å². The van der Waals surface area contributed by atoms with Gasteiger partial charge in [0.05, 0.1) is 12.7 Å². The minimum Gasteiger partial charge on any atom is -0.478 e. The summed E-state index contributed by atoms with van der Waals surface area (Å²) in [7, 11) is 3.08. The van der Waals surface area contributed by atoms with Gasteiger partial charge in [0.1, 0.15) is 0 Å². The van der Waals surface area contributed by atoms with Gasteiger partial charge in [-0.3, -0.25) is 9.63 Å². The van der Waals surface area contributed by atoms with E-state index in [0.29, 0.717) is 6.42 Å². The number of aryl methyl sites for hydroxylation is 1. The van der Waals surface area contributed by atoms with Crippen LogP contribution in [-0.2, 0) is 9.63 Å². The molecule has 0 fully saturated rings. The monoisotopic (exact) mass is 403 g/mol. The van der Waals surface area contributed by atoms with Gasteiger partial charge in [-0.1, -0.05) is 66.2 Å². The highest BCUT2D eigenvalue weighted by molar-refractivity contribution is 5.88. The highest BCUT2D eigenvalue weighted by Crippen LogP contribution is 2.31. The molecule has 3 rings (SSSR count). The number of benzene rings is 3. The van der Waals surface area contributed by atoms with Crippen molar-refractivity contribution in [3.8, 4) is 11.1 Å². The van der Waals surface area contributed by atoms with E-state index >= 15 is 0 Å². The topological polar surface area (TPSA) is 66.8 Å². The number of hydrogen-bond acceptors (Lipinski definition) is 3. The third-order valence-corrected chi connectivity index (χ3v) is 5.26. The van der Waals surface area contributed by atoms with Crippen molar-refractivity contribution in [2.24, 2.45) is 0 Å². The van der Waals surface area contributed by atoms with E-state index in [1.807, 2.05) is 43.3 Å². The predicted molar refractivity (Wildman–Crippen MR) is 116 cm³/mol. The van der Waals surface area contributed by atoms with Crippen LogP contribution in [0.3, 0.4) is 0 Å². The van der Waals surface area contributed by atoms with Crippen molar-refractivity contribution in [2.45, 2.75) is 19.3 Å². The molecule has 1 unspecified atom stereocenters. The number of hydrogen-bond donors (Lipinski definition) is 1. The Bertz CT molecular complexity index is 1010. The lowest BCUT2D eigenvalue weighted by Crippen LogP contribution is -2.27. The number of nitrogens with zero attached hydrogens (tertiary/aromatic N) is 1. The molecule has 5 nitrogen and oxygen atoms in total. The van der Waals surface area contributed by atoms with E-state index in [1.165, 1.54) is 12.2 Å². The lowest BCUT2D eigenvalue weighted by atomic mass is 9.87. The molecule has 0 saturated carbocycles. The molecule has 0 aliphatic heterocycles. The Morgan fingerprint density at radius 2 is 1.33 bits per heavy atom. The first-order valence-corrected chi connectivity index (χ1v) is 9.70. The van der Waals surface area contributed by atoms with Gasteiger partial charge in [0, 0.05) is 19.4 Å². The smallest absolute Gasteiger partial charge is 0.335 e. The van der Waals surface area contributed by atoms with E-state index in [9.17, 15) is 9.59 Å². The molecule has 0 saturated heterocycles. The molecule has 30 heavy (non-hydrogen) atoms. The molecule has 154 valence electrons. The van der Waals surface area contributed by atoms with Gasteiger partial charge in [-0.15, -0.1) is 0 Å². The van der Waals surface area contributed by atoms with Crippen LogP contribution in [0.2, 0.25) is 0 Å². The fraction of sp³-hybridized carbons (Fsp3) is 0.200. The molecule has 0 aromatic heterocycles. The number of aromatic carboxylic acids is 1. The molecule has 0 radical (unpaired) electrons. The maximum Gasteiger partial charge on any atom is 0.335 e. The van der Waals surface area contributed by atoms with Crippen molar-refractivity contribution >= 4 is 11.9 Å². The van der Waals surface area contributed by atoms with E-state index in [-0.39, 0.29) is 17.4 Å². The fourth-order valence-electron chi connectivity index (χ4n) is 3.35. The van der Waals surface area contributed by atoms with E-state index in [1.54, 1.807) is 31.3 Å². The zero-order valence-electron chi connectivity index (χ0n) is 17.3. The standard InChI is InChI=1S/C25H25NO4/c1-17-4-6-20(7-5-17)23(16-24(27)26(2)30-3)21-12-8-18(9-13-21)19-10-14-22(15-11-19)25(28)29/h4-15,23H,16H2,1-3H3,(H,28,29). The summed E-state index contributed by atoms with van der Waals surface area (Å²) in [6.07, 6.45) is 0.292. The van der Waals surface area contributed by atoms with Crippen LogP contribution >= 0.6 is 0 Å². The third kappa shape index (κ3) is 4.93. The fourth-order valence-corrected chi connectivity index (χ4v) is 3.35. The van der Waals surface area contributed by atoms with Crippen molar-refractivity contribution in [1.29, 1.82) is 0 Å². The molecule has 0 aliphatic carbocycles. The van der Waals surface area contributed by atoms with Crippen LogP contribution in [0.15, 0.2) is 72.8 Å². The number of carbonyl (C=O) groups excluding carboxylic acids is 1. The lowest BCUT2D eigenvalue weighted by molar-refractivity contribution is -0.168. The maximum absolute atomic E-state index is 12.5. The van der Waals surface area contributed by atoms with E-state index in [2.05, 4.69) is 12.1 Å². The van der Waals surface area contributed by atoms with Crippen LogP contribution in [0.5, 0.6) is 0 Å². The summed E-state index contributed by atoms with van der Waals surface area (Å²) in [6, 6.07) is 23.0. The summed E-state index contributed by atoms with van der Waals surface area (Å²) in [4.78, 5) is 28.6.